The van der Waals surface area contributed by atoms with Crippen LogP contribution in [-0.4, -0.2) is 25.7 Å². The van der Waals surface area contributed by atoms with Crippen molar-refractivity contribution in [1.29, 1.82) is 0 Å². The standard InChI is InChI=1S/C24H28N2O4S/c1-4-5-6-19-9-11-20(12-10-19)25-24(27)23-16-13-21(30-23)17-26(3)31(28,29)22-14-7-18(2)8-15-22/h7-16H,4-6,17H2,1-3H3,(H,25,27). The van der Waals surface area contributed by atoms with E-state index in [2.05, 4.69) is 12.2 Å². The number of rotatable bonds is 9. The summed E-state index contributed by atoms with van der Waals surface area (Å²) >= 11 is 0. The van der Waals surface area contributed by atoms with Crippen molar-refractivity contribution in [2.45, 2.75) is 44.6 Å². The third-order valence-corrected chi connectivity index (χ3v) is 6.84. The van der Waals surface area contributed by atoms with E-state index in [9.17, 15) is 13.2 Å². The molecule has 0 atom stereocenters. The molecule has 0 aliphatic carbocycles. The lowest BCUT2D eigenvalue weighted by atomic mass is 10.1. The number of nitrogens with zero attached hydrogens (tertiary/aromatic N) is 1. The number of anilines is 1. The quantitative estimate of drug-likeness (QED) is 0.508. The summed E-state index contributed by atoms with van der Waals surface area (Å²) < 4.78 is 32.3. The van der Waals surface area contributed by atoms with Gasteiger partial charge in [-0.1, -0.05) is 43.2 Å². The molecule has 0 aliphatic rings. The molecule has 1 N–H and O–H groups in total. The van der Waals surface area contributed by atoms with Crippen LogP contribution in [0.2, 0.25) is 0 Å². The molecule has 3 rings (SSSR count). The Morgan fingerprint density at radius 2 is 1.68 bits per heavy atom. The molecular formula is C24H28N2O4S. The highest BCUT2D eigenvalue weighted by atomic mass is 32.2. The molecule has 0 bridgehead atoms. The highest BCUT2D eigenvalue weighted by molar-refractivity contribution is 7.89. The molecule has 3 aromatic rings. The van der Waals surface area contributed by atoms with E-state index in [4.69, 9.17) is 4.42 Å². The third-order valence-electron chi connectivity index (χ3n) is 5.02. The van der Waals surface area contributed by atoms with Crippen LogP contribution in [0.5, 0.6) is 0 Å². The van der Waals surface area contributed by atoms with Crippen LogP contribution in [0.1, 0.15) is 47.2 Å². The van der Waals surface area contributed by atoms with Gasteiger partial charge in [0, 0.05) is 12.7 Å². The van der Waals surface area contributed by atoms with Gasteiger partial charge in [0.1, 0.15) is 5.76 Å². The van der Waals surface area contributed by atoms with Crippen molar-refractivity contribution < 1.29 is 17.6 Å². The number of hydrogen-bond donors (Lipinski definition) is 1. The van der Waals surface area contributed by atoms with Crippen molar-refractivity contribution in [2.75, 3.05) is 12.4 Å². The molecule has 1 aromatic heterocycles. The molecule has 0 saturated heterocycles. The van der Waals surface area contributed by atoms with E-state index in [1.165, 1.54) is 16.9 Å². The molecule has 0 fully saturated rings. The first-order valence-corrected chi connectivity index (χ1v) is 11.8. The van der Waals surface area contributed by atoms with Crippen LogP contribution in [-0.2, 0) is 23.0 Å². The summed E-state index contributed by atoms with van der Waals surface area (Å²) in [6.45, 7) is 4.08. The first kappa shape index (κ1) is 22.8. The van der Waals surface area contributed by atoms with E-state index >= 15 is 0 Å². The average molecular weight is 441 g/mol. The zero-order valence-electron chi connectivity index (χ0n) is 18.1. The SMILES string of the molecule is CCCCc1ccc(NC(=O)c2ccc(CN(C)S(=O)(=O)c3ccc(C)cc3)o2)cc1. The summed E-state index contributed by atoms with van der Waals surface area (Å²) in [4.78, 5) is 12.7. The van der Waals surface area contributed by atoms with Crippen LogP contribution >= 0.6 is 0 Å². The van der Waals surface area contributed by atoms with Crippen molar-refractivity contribution in [3.8, 4) is 0 Å². The van der Waals surface area contributed by atoms with E-state index < -0.39 is 10.0 Å². The number of carbonyl (C=O) groups is 1. The number of unbranched alkanes of at least 4 members (excludes halogenated alkanes) is 1. The van der Waals surface area contributed by atoms with Crippen molar-refractivity contribution in [1.82, 2.24) is 4.31 Å². The Morgan fingerprint density at radius 1 is 1.00 bits per heavy atom. The first-order chi connectivity index (χ1) is 14.8. The number of hydrogen-bond acceptors (Lipinski definition) is 4. The van der Waals surface area contributed by atoms with Gasteiger partial charge in [0.05, 0.1) is 11.4 Å². The van der Waals surface area contributed by atoms with Crippen LogP contribution in [0, 0.1) is 6.92 Å². The number of aryl methyl sites for hydroxylation is 2. The number of nitrogens with one attached hydrogen (secondary N) is 1. The van der Waals surface area contributed by atoms with Gasteiger partial charge >= 0.3 is 0 Å². The summed E-state index contributed by atoms with van der Waals surface area (Å²) in [7, 11) is -2.17. The summed E-state index contributed by atoms with van der Waals surface area (Å²) in [6.07, 6.45) is 3.29. The topological polar surface area (TPSA) is 79.6 Å². The summed E-state index contributed by atoms with van der Waals surface area (Å²) in [5.41, 5.74) is 2.90. The Morgan fingerprint density at radius 3 is 2.32 bits per heavy atom. The average Bonchev–Trinajstić information content (AvgIpc) is 3.22. The lowest BCUT2D eigenvalue weighted by Crippen LogP contribution is -2.26. The minimum atomic E-state index is -3.65. The fraction of sp³-hybridized carbons (Fsp3) is 0.292. The molecule has 0 spiro atoms. The second-order valence-electron chi connectivity index (χ2n) is 7.59. The monoisotopic (exact) mass is 440 g/mol. The number of amides is 1. The smallest absolute Gasteiger partial charge is 0.291 e. The molecular weight excluding hydrogens is 412 g/mol. The van der Waals surface area contributed by atoms with Crippen LogP contribution < -0.4 is 5.32 Å². The van der Waals surface area contributed by atoms with Crippen molar-refractivity contribution in [2.24, 2.45) is 0 Å². The maximum Gasteiger partial charge on any atom is 0.291 e. The molecule has 0 unspecified atom stereocenters. The Labute approximate surface area is 183 Å². The molecule has 0 aliphatic heterocycles. The highest BCUT2D eigenvalue weighted by Crippen LogP contribution is 2.19. The van der Waals surface area contributed by atoms with Crippen LogP contribution in [0.4, 0.5) is 5.69 Å². The van der Waals surface area contributed by atoms with E-state index in [0.29, 0.717) is 11.4 Å². The van der Waals surface area contributed by atoms with Gasteiger partial charge < -0.3 is 9.73 Å². The molecule has 1 heterocycles. The van der Waals surface area contributed by atoms with Crippen LogP contribution in [0.3, 0.4) is 0 Å². The molecule has 6 nitrogen and oxygen atoms in total. The van der Waals surface area contributed by atoms with Gasteiger partial charge in [-0.25, -0.2) is 8.42 Å². The molecule has 31 heavy (non-hydrogen) atoms. The summed E-state index contributed by atoms with van der Waals surface area (Å²) in [5.74, 6) is 0.140. The fourth-order valence-corrected chi connectivity index (χ4v) is 4.24. The lowest BCUT2D eigenvalue weighted by molar-refractivity contribution is 0.0994. The normalized spacial score (nSPS) is 11.6. The van der Waals surface area contributed by atoms with E-state index in [-0.39, 0.29) is 23.1 Å². The number of carbonyl (C=O) groups excluding carboxylic acids is 1. The van der Waals surface area contributed by atoms with Crippen LogP contribution in [0.25, 0.3) is 0 Å². The van der Waals surface area contributed by atoms with Gasteiger partial charge in [-0.3, -0.25) is 4.79 Å². The molecule has 0 radical (unpaired) electrons. The Hall–Kier alpha value is -2.90. The summed E-state index contributed by atoms with van der Waals surface area (Å²) in [5, 5.41) is 2.80. The Kier molecular flexibility index (Phi) is 7.30. The second kappa shape index (κ2) is 9.94. The molecule has 2 aromatic carbocycles. The minimum Gasteiger partial charge on any atom is -0.455 e. The first-order valence-electron chi connectivity index (χ1n) is 10.3. The Bertz CT molecular complexity index is 1120. The van der Waals surface area contributed by atoms with E-state index in [0.717, 1.165) is 24.8 Å². The van der Waals surface area contributed by atoms with Gasteiger partial charge in [0.25, 0.3) is 5.91 Å². The fourth-order valence-electron chi connectivity index (χ4n) is 3.11. The number of benzene rings is 2. The second-order valence-corrected chi connectivity index (χ2v) is 9.64. The zero-order chi connectivity index (χ0) is 22.4. The molecule has 7 heteroatoms. The lowest BCUT2D eigenvalue weighted by Gasteiger charge is -2.16. The predicted molar refractivity (Wildman–Crippen MR) is 122 cm³/mol. The minimum absolute atomic E-state index is 0.0234. The maximum absolute atomic E-state index is 12.7. The summed E-state index contributed by atoms with van der Waals surface area (Å²) in [6, 6.07) is 17.6. The molecule has 1 amide bonds. The molecule has 164 valence electrons. The van der Waals surface area contributed by atoms with Crippen molar-refractivity contribution >= 4 is 21.6 Å². The largest absolute Gasteiger partial charge is 0.455 e. The zero-order valence-corrected chi connectivity index (χ0v) is 18.9. The van der Waals surface area contributed by atoms with Crippen molar-refractivity contribution in [3.63, 3.8) is 0 Å². The van der Waals surface area contributed by atoms with E-state index in [1.807, 2.05) is 31.2 Å². The van der Waals surface area contributed by atoms with Gasteiger partial charge in [0.2, 0.25) is 10.0 Å². The van der Waals surface area contributed by atoms with Gasteiger partial charge in [-0.2, -0.15) is 4.31 Å². The van der Waals surface area contributed by atoms with Gasteiger partial charge in [-0.05, 0) is 61.7 Å². The third kappa shape index (κ3) is 5.83. The predicted octanol–water partition coefficient (Wildman–Crippen LogP) is 5.00. The van der Waals surface area contributed by atoms with Gasteiger partial charge in [0.15, 0.2) is 5.76 Å². The number of sulfonamides is 1. The highest BCUT2D eigenvalue weighted by Gasteiger charge is 2.22. The van der Waals surface area contributed by atoms with Crippen LogP contribution in [0.15, 0.2) is 70.0 Å². The molecule has 0 saturated carbocycles. The van der Waals surface area contributed by atoms with E-state index in [1.54, 1.807) is 36.4 Å². The number of furan rings is 1. The van der Waals surface area contributed by atoms with Gasteiger partial charge in [-0.15, -0.1) is 0 Å². The Balaban J connectivity index is 1.62. The van der Waals surface area contributed by atoms with Crippen molar-refractivity contribution in [3.05, 3.63) is 83.3 Å². The maximum atomic E-state index is 12.7.